The molecule has 2 heterocycles. The van der Waals surface area contributed by atoms with Crippen molar-refractivity contribution in [2.45, 2.75) is 19.8 Å². The first-order chi connectivity index (χ1) is 10.5. The third-order valence-corrected chi connectivity index (χ3v) is 4.57. The molecule has 1 aromatic carbocycles. The van der Waals surface area contributed by atoms with Crippen LogP contribution in [0.5, 0.6) is 0 Å². The van der Waals surface area contributed by atoms with E-state index >= 15 is 0 Å². The SMILES string of the molecule is Cc1cc(Br)cc2cc(C(=O)N3CCC(C(=O)O)CC3)oc12. The summed E-state index contributed by atoms with van der Waals surface area (Å²) in [5.74, 6) is -0.991. The van der Waals surface area contributed by atoms with Crippen molar-refractivity contribution in [3.05, 3.63) is 34.0 Å². The highest BCUT2D eigenvalue weighted by molar-refractivity contribution is 9.10. The summed E-state index contributed by atoms with van der Waals surface area (Å²) in [6, 6.07) is 5.61. The number of carbonyl (C=O) groups excluding carboxylic acids is 1. The Morgan fingerprint density at radius 3 is 2.59 bits per heavy atom. The van der Waals surface area contributed by atoms with Crippen molar-refractivity contribution in [3.8, 4) is 0 Å². The maximum atomic E-state index is 12.5. The summed E-state index contributed by atoms with van der Waals surface area (Å²) in [6.45, 7) is 2.84. The van der Waals surface area contributed by atoms with Crippen LogP contribution < -0.4 is 0 Å². The van der Waals surface area contributed by atoms with Crippen molar-refractivity contribution in [2.24, 2.45) is 5.92 Å². The molecule has 1 aliphatic rings. The molecule has 1 aliphatic heterocycles. The number of amides is 1. The molecule has 2 aromatic rings. The van der Waals surface area contributed by atoms with Gasteiger partial charge in [-0.2, -0.15) is 0 Å². The molecule has 0 radical (unpaired) electrons. The number of hydrogen-bond acceptors (Lipinski definition) is 3. The van der Waals surface area contributed by atoms with Gasteiger partial charge in [0.25, 0.3) is 5.91 Å². The van der Waals surface area contributed by atoms with E-state index in [4.69, 9.17) is 9.52 Å². The highest BCUT2D eigenvalue weighted by Gasteiger charge is 2.29. The van der Waals surface area contributed by atoms with Crippen LogP contribution in [0.4, 0.5) is 0 Å². The molecule has 22 heavy (non-hydrogen) atoms. The number of aliphatic carboxylic acids is 1. The van der Waals surface area contributed by atoms with Crippen molar-refractivity contribution in [1.82, 2.24) is 4.90 Å². The van der Waals surface area contributed by atoms with E-state index in [1.165, 1.54) is 0 Å². The van der Waals surface area contributed by atoms with Crippen LogP contribution in [0.2, 0.25) is 0 Å². The van der Waals surface area contributed by atoms with Crippen LogP contribution in [0.1, 0.15) is 29.0 Å². The Morgan fingerprint density at radius 2 is 1.95 bits per heavy atom. The van der Waals surface area contributed by atoms with Gasteiger partial charge >= 0.3 is 5.97 Å². The van der Waals surface area contributed by atoms with E-state index in [-0.39, 0.29) is 11.8 Å². The Balaban J connectivity index is 1.81. The lowest BCUT2D eigenvalue weighted by atomic mass is 9.97. The Hall–Kier alpha value is -1.82. The number of fused-ring (bicyclic) bond motifs is 1. The first-order valence-corrected chi connectivity index (χ1v) is 7.97. The van der Waals surface area contributed by atoms with E-state index in [1.807, 2.05) is 19.1 Å². The summed E-state index contributed by atoms with van der Waals surface area (Å²) in [6.07, 6.45) is 0.984. The Morgan fingerprint density at radius 1 is 1.27 bits per heavy atom. The third-order valence-electron chi connectivity index (χ3n) is 4.11. The summed E-state index contributed by atoms with van der Waals surface area (Å²) < 4.78 is 6.66. The molecule has 0 bridgehead atoms. The van der Waals surface area contributed by atoms with Gasteiger partial charge in [-0.3, -0.25) is 9.59 Å². The zero-order valence-electron chi connectivity index (χ0n) is 12.1. The lowest BCUT2D eigenvalue weighted by molar-refractivity contribution is -0.143. The van der Waals surface area contributed by atoms with E-state index < -0.39 is 5.97 Å². The lowest BCUT2D eigenvalue weighted by Crippen LogP contribution is -2.40. The molecule has 1 N–H and O–H groups in total. The minimum atomic E-state index is -0.781. The van der Waals surface area contributed by atoms with Crippen LogP contribution in [0.3, 0.4) is 0 Å². The van der Waals surface area contributed by atoms with Gasteiger partial charge in [-0.05, 0) is 43.5 Å². The van der Waals surface area contributed by atoms with Gasteiger partial charge in [0.1, 0.15) is 5.58 Å². The van der Waals surface area contributed by atoms with E-state index in [1.54, 1.807) is 11.0 Å². The summed E-state index contributed by atoms with van der Waals surface area (Å²) in [5.41, 5.74) is 1.68. The number of benzene rings is 1. The van der Waals surface area contributed by atoms with Crippen LogP contribution >= 0.6 is 15.9 Å². The highest BCUT2D eigenvalue weighted by Crippen LogP contribution is 2.28. The van der Waals surface area contributed by atoms with Crippen molar-refractivity contribution in [3.63, 3.8) is 0 Å². The largest absolute Gasteiger partial charge is 0.481 e. The van der Waals surface area contributed by atoms with E-state index in [0.29, 0.717) is 37.3 Å². The molecule has 0 aliphatic carbocycles. The summed E-state index contributed by atoms with van der Waals surface area (Å²) >= 11 is 3.43. The van der Waals surface area contributed by atoms with Crippen LogP contribution in [0.25, 0.3) is 11.0 Å². The molecule has 0 spiro atoms. The molecule has 3 rings (SSSR count). The second kappa shape index (κ2) is 5.76. The number of rotatable bonds is 2. The van der Waals surface area contributed by atoms with E-state index in [0.717, 1.165) is 15.4 Å². The normalized spacial score (nSPS) is 16.2. The predicted octanol–water partition coefficient (Wildman–Crippen LogP) is 3.44. The van der Waals surface area contributed by atoms with Crippen LogP contribution in [-0.4, -0.2) is 35.0 Å². The fourth-order valence-electron chi connectivity index (χ4n) is 2.87. The average molecular weight is 366 g/mol. The first-order valence-electron chi connectivity index (χ1n) is 7.17. The smallest absolute Gasteiger partial charge is 0.306 e. The fourth-order valence-corrected chi connectivity index (χ4v) is 3.46. The molecular weight excluding hydrogens is 350 g/mol. The van der Waals surface area contributed by atoms with Crippen molar-refractivity contribution in [1.29, 1.82) is 0 Å². The molecule has 116 valence electrons. The second-order valence-electron chi connectivity index (χ2n) is 5.66. The van der Waals surface area contributed by atoms with Gasteiger partial charge in [-0.25, -0.2) is 0 Å². The van der Waals surface area contributed by atoms with Gasteiger partial charge in [0.2, 0.25) is 0 Å². The van der Waals surface area contributed by atoms with Gasteiger partial charge in [-0.1, -0.05) is 15.9 Å². The zero-order chi connectivity index (χ0) is 15.9. The number of likely N-dealkylation sites (tertiary alicyclic amines) is 1. The van der Waals surface area contributed by atoms with Crippen molar-refractivity contribution < 1.29 is 19.1 Å². The Labute approximate surface area is 136 Å². The molecule has 0 unspecified atom stereocenters. The lowest BCUT2D eigenvalue weighted by Gasteiger charge is -2.29. The molecule has 6 heteroatoms. The molecule has 1 amide bonds. The predicted molar refractivity (Wildman–Crippen MR) is 84.9 cm³/mol. The minimum Gasteiger partial charge on any atom is -0.481 e. The van der Waals surface area contributed by atoms with Gasteiger partial charge in [0.15, 0.2) is 5.76 Å². The van der Waals surface area contributed by atoms with Gasteiger partial charge in [0.05, 0.1) is 5.92 Å². The van der Waals surface area contributed by atoms with Crippen LogP contribution in [0.15, 0.2) is 27.1 Å². The maximum absolute atomic E-state index is 12.5. The molecule has 1 aromatic heterocycles. The molecule has 0 atom stereocenters. The summed E-state index contributed by atoms with van der Waals surface area (Å²) in [5, 5.41) is 9.89. The van der Waals surface area contributed by atoms with Gasteiger partial charge < -0.3 is 14.4 Å². The Kier molecular flexibility index (Phi) is 3.95. The molecule has 0 saturated carbocycles. The number of carboxylic acids is 1. The topological polar surface area (TPSA) is 70.8 Å². The number of hydrogen-bond donors (Lipinski definition) is 1. The number of aryl methyl sites for hydroxylation is 1. The van der Waals surface area contributed by atoms with E-state index in [2.05, 4.69) is 15.9 Å². The number of carbonyl (C=O) groups is 2. The molecular formula is C16H16BrNO4. The monoisotopic (exact) mass is 365 g/mol. The molecule has 5 nitrogen and oxygen atoms in total. The standard InChI is InChI=1S/C16H16BrNO4/c1-9-6-12(17)7-11-8-13(22-14(9)11)15(19)18-4-2-10(3-5-18)16(20)21/h6-8,10H,2-5H2,1H3,(H,20,21). The van der Waals surface area contributed by atoms with Gasteiger partial charge in [0, 0.05) is 22.9 Å². The number of halogens is 1. The second-order valence-corrected chi connectivity index (χ2v) is 6.57. The van der Waals surface area contributed by atoms with Crippen LogP contribution in [-0.2, 0) is 4.79 Å². The molecule has 1 saturated heterocycles. The molecule has 1 fully saturated rings. The quantitative estimate of drug-likeness (QED) is 0.884. The van der Waals surface area contributed by atoms with E-state index in [9.17, 15) is 9.59 Å². The van der Waals surface area contributed by atoms with Crippen LogP contribution in [0, 0.1) is 12.8 Å². The third kappa shape index (κ3) is 2.75. The summed E-state index contributed by atoms with van der Waals surface area (Å²) in [4.78, 5) is 25.1. The number of piperidine rings is 1. The highest BCUT2D eigenvalue weighted by atomic mass is 79.9. The van der Waals surface area contributed by atoms with Crippen molar-refractivity contribution >= 4 is 38.8 Å². The summed E-state index contributed by atoms with van der Waals surface area (Å²) in [7, 11) is 0. The Bertz CT molecular complexity index is 744. The first kappa shape index (κ1) is 15.1. The average Bonchev–Trinajstić information content (AvgIpc) is 2.90. The number of furan rings is 1. The van der Waals surface area contributed by atoms with Crippen molar-refractivity contribution in [2.75, 3.05) is 13.1 Å². The minimum absolute atomic E-state index is 0.171. The fraction of sp³-hybridized carbons (Fsp3) is 0.375. The number of nitrogens with zero attached hydrogens (tertiary/aromatic N) is 1. The zero-order valence-corrected chi connectivity index (χ0v) is 13.7. The number of carboxylic acid groups (broad SMARTS) is 1. The maximum Gasteiger partial charge on any atom is 0.306 e. The van der Waals surface area contributed by atoms with Gasteiger partial charge in [-0.15, -0.1) is 0 Å².